The molecule has 0 atom stereocenters. The number of ether oxygens (including phenoxy) is 1. The van der Waals surface area contributed by atoms with Crippen LogP contribution < -0.4 is 4.74 Å². The molecule has 0 N–H and O–H groups in total. The molecule has 0 fully saturated rings. The predicted octanol–water partition coefficient (Wildman–Crippen LogP) is 3.63. The predicted molar refractivity (Wildman–Crippen MR) is 84.4 cm³/mol. The number of para-hydroxylation sites is 1. The van der Waals surface area contributed by atoms with Gasteiger partial charge in [-0.1, -0.05) is 47.0 Å². The minimum Gasteiger partial charge on any atom is -0.492 e. The summed E-state index contributed by atoms with van der Waals surface area (Å²) in [6.07, 6.45) is 1.98. The van der Waals surface area contributed by atoms with Gasteiger partial charge in [-0.15, -0.1) is 10.2 Å². The SMILES string of the molecule is CSc1nnc(SCCOc2ccccc2C(C)=O)s1. The van der Waals surface area contributed by atoms with Crippen LogP contribution in [0.5, 0.6) is 5.75 Å². The van der Waals surface area contributed by atoms with Crippen LogP contribution in [0.15, 0.2) is 32.9 Å². The molecule has 2 rings (SSSR count). The molecule has 1 aromatic carbocycles. The van der Waals surface area contributed by atoms with E-state index in [0.717, 1.165) is 14.4 Å². The summed E-state index contributed by atoms with van der Waals surface area (Å²) in [6.45, 7) is 2.07. The first-order valence-corrected chi connectivity index (χ1v) is 8.96. The van der Waals surface area contributed by atoms with Gasteiger partial charge in [-0.05, 0) is 25.3 Å². The van der Waals surface area contributed by atoms with Gasteiger partial charge in [-0.2, -0.15) is 0 Å². The Morgan fingerprint density at radius 1 is 1.30 bits per heavy atom. The molecule has 1 aromatic heterocycles. The Morgan fingerprint density at radius 2 is 2.05 bits per heavy atom. The van der Waals surface area contributed by atoms with E-state index in [-0.39, 0.29) is 5.78 Å². The van der Waals surface area contributed by atoms with Crippen molar-refractivity contribution in [1.29, 1.82) is 0 Å². The van der Waals surface area contributed by atoms with E-state index in [0.29, 0.717) is 17.9 Å². The zero-order valence-electron chi connectivity index (χ0n) is 11.2. The van der Waals surface area contributed by atoms with Gasteiger partial charge in [0.05, 0.1) is 12.2 Å². The van der Waals surface area contributed by atoms with Gasteiger partial charge in [0.15, 0.2) is 14.5 Å². The lowest BCUT2D eigenvalue weighted by Gasteiger charge is -2.08. The molecule has 0 spiro atoms. The summed E-state index contributed by atoms with van der Waals surface area (Å²) in [6, 6.07) is 7.30. The van der Waals surface area contributed by atoms with Gasteiger partial charge in [0.25, 0.3) is 0 Å². The number of Topliss-reactive ketones (excluding diaryl/α,β-unsaturated/α-hetero) is 1. The Morgan fingerprint density at radius 3 is 2.75 bits per heavy atom. The molecule has 0 saturated heterocycles. The fourth-order valence-electron chi connectivity index (χ4n) is 1.50. The Bertz CT molecular complexity index is 587. The number of rotatable bonds is 7. The van der Waals surface area contributed by atoms with Crippen LogP contribution in [-0.4, -0.2) is 34.6 Å². The minimum atomic E-state index is 0.0157. The molecule has 0 amide bonds. The zero-order valence-corrected chi connectivity index (χ0v) is 13.6. The second kappa shape index (κ2) is 7.66. The van der Waals surface area contributed by atoms with Crippen LogP contribution in [-0.2, 0) is 0 Å². The molecule has 106 valence electrons. The van der Waals surface area contributed by atoms with Crippen LogP contribution in [0.1, 0.15) is 17.3 Å². The first-order valence-electron chi connectivity index (χ1n) is 5.93. The molecule has 4 nitrogen and oxygen atoms in total. The molecule has 7 heteroatoms. The number of ketones is 1. The van der Waals surface area contributed by atoms with Crippen molar-refractivity contribution in [3.8, 4) is 5.75 Å². The summed E-state index contributed by atoms with van der Waals surface area (Å²) in [5.74, 6) is 1.43. The van der Waals surface area contributed by atoms with Crippen molar-refractivity contribution in [1.82, 2.24) is 10.2 Å². The number of benzene rings is 1. The van der Waals surface area contributed by atoms with Crippen LogP contribution in [0.3, 0.4) is 0 Å². The first-order chi connectivity index (χ1) is 9.70. The van der Waals surface area contributed by atoms with E-state index in [1.54, 1.807) is 47.9 Å². The standard InChI is InChI=1S/C13H14N2O2S3/c1-9(16)10-5-3-4-6-11(10)17-7-8-19-13-15-14-12(18-2)20-13/h3-6H,7-8H2,1-2H3. The highest BCUT2D eigenvalue weighted by atomic mass is 32.2. The summed E-state index contributed by atoms with van der Waals surface area (Å²) >= 11 is 4.79. The Hall–Kier alpha value is -1.05. The highest BCUT2D eigenvalue weighted by Crippen LogP contribution is 2.27. The van der Waals surface area contributed by atoms with Crippen molar-refractivity contribution in [3.63, 3.8) is 0 Å². The molecule has 0 saturated carbocycles. The van der Waals surface area contributed by atoms with Gasteiger partial charge < -0.3 is 4.74 Å². The normalized spacial score (nSPS) is 10.5. The average Bonchev–Trinajstić information content (AvgIpc) is 2.92. The third-order valence-electron chi connectivity index (χ3n) is 2.40. The van der Waals surface area contributed by atoms with Gasteiger partial charge in [0, 0.05) is 5.75 Å². The molecule has 0 aliphatic rings. The number of hydrogen-bond donors (Lipinski definition) is 0. The van der Waals surface area contributed by atoms with E-state index in [4.69, 9.17) is 4.74 Å². The maximum absolute atomic E-state index is 11.5. The second-order valence-electron chi connectivity index (χ2n) is 3.79. The maximum atomic E-state index is 11.5. The smallest absolute Gasteiger partial charge is 0.175 e. The van der Waals surface area contributed by atoms with E-state index in [2.05, 4.69) is 10.2 Å². The van der Waals surface area contributed by atoms with Gasteiger partial charge in [0.2, 0.25) is 0 Å². The molecular weight excluding hydrogens is 312 g/mol. The van der Waals surface area contributed by atoms with E-state index < -0.39 is 0 Å². The average molecular weight is 326 g/mol. The molecule has 0 bridgehead atoms. The topological polar surface area (TPSA) is 52.1 Å². The summed E-state index contributed by atoms with van der Waals surface area (Å²) in [5.41, 5.74) is 0.623. The van der Waals surface area contributed by atoms with E-state index in [1.807, 2.05) is 24.5 Å². The lowest BCUT2D eigenvalue weighted by molar-refractivity contribution is 0.101. The van der Waals surface area contributed by atoms with E-state index in [9.17, 15) is 4.79 Å². The highest BCUT2D eigenvalue weighted by Gasteiger charge is 2.08. The van der Waals surface area contributed by atoms with Crippen LogP contribution in [0.25, 0.3) is 0 Å². The molecule has 0 aliphatic heterocycles. The van der Waals surface area contributed by atoms with Crippen molar-refractivity contribution in [2.45, 2.75) is 15.6 Å². The van der Waals surface area contributed by atoms with E-state index >= 15 is 0 Å². The zero-order chi connectivity index (χ0) is 14.4. The number of nitrogens with zero attached hydrogens (tertiary/aromatic N) is 2. The third kappa shape index (κ3) is 4.22. The van der Waals surface area contributed by atoms with Crippen molar-refractivity contribution in [2.75, 3.05) is 18.6 Å². The fraction of sp³-hybridized carbons (Fsp3) is 0.308. The summed E-state index contributed by atoms with van der Waals surface area (Å²) < 4.78 is 7.57. The molecule has 20 heavy (non-hydrogen) atoms. The molecule has 1 heterocycles. The number of carbonyl (C=O) groups is 1. The molecule has 0 unspecified atom stereocenters. The van der Waals surface area contributed by atoms with Gasteiger partial charge in [0.1, 0.15) is 5.75 Å². The lowest BCUT2D eigenvalue weighted by atomic mass is 10.1. The molecule has 2 aromatic rings. The highest BCUT2D eigenvalue weighted by molar-refractivity contribution is 8.02. The Balaban J connectivity index is 1.83. The number of hydrogen-bond acceptors (Lipinski definition) is 7. The van der Waals surface area contributed by atoms with Crippen molar-refractivity contribution < 1.29 is 9.53 Å². The first kappa shape index (κ1) is 15.3. The van der Waals surface area contributed by atoms with Gasteiger partial charge in [-0.3, -0.25) is 4.79 Å². The summed E-state index contributed by atoms with van der Waals surface area (Å²) in [5, 5.41) is 8.11. The quantitative estimate of drug-likeness (QED) is 0.440. The number of carbonyl (C=O) groups excluding carboxylic acids is 1. The van der Waals surface area contributed by atoms with Gasteiger partial charge >= 0.3 is 0 Å². The molecular formula is C13H14N2O2S3. The van der Waals surface area contributed by atoms with Crippen LogP contribution in [0, 0.1) is 0 Å². The lowest BCUT2D eigenvalue weighted by Crippen LogP contribution is -2.04. The van der Waals surface area contributed by atoms with Crippen molar-refractivity contribution >= 4 is 40.6 Å². The van der Waals surface area contributed by atoms with Gasteiger partial charge in [-0.25, -0.2) is 0 Å². The third-order valence-corrected chi connectivity index (χ3v) is 5.39. The Kier molecular flexibility index (Phi) is 5.87. The number of aromatic nitrogens is 2. The van der Waals surface area contributed by atoms with Crippen LogP contribution in [0.2, 0.25) is 0 Å². The monoisotopic (exact) mass is 326 g/mol. The fourth-order valence-corrected chi connectivity index (χ4v) is 3.83. The van der Waals surface area contributed by atoms with E-state index in [1.165, 1.54) is 0 Å². The second-order valence-corrected chi connectivity index (χ2v) is 7.16. The van der Waals surface area contributed by atoms with Crippen molar-refractivity contribution in [2.24, 2.45) is 0 Å². The van der Waals surface area contributed by atoms with Crippen LogP contribution >= 0.6 is 34.9 Å². The maximum Gasteiger partial charge on any atom is 0.175 e. The van der Waals surface area contributed by atoms with Crippen molar-refractivity contribution in [3.05, 3.63) is 29.8 Å². The minimum absolute atomic E-state index is 0.0157. The molecule has 0 radical (unpaired) electrons. The molecule has 0 aliphatic carbocycles. The largest absolute Gasteiger partial charge is 0.492 e. The summed E-state index contributed by atoms with van der Waals surface area (Å²) in [4.78, 5) is 11.5. The van der Waals surface area contributed by atoms with Crippen LogP contribution in [0.4, 0.5) is 0 Å². The summed E-state index contributed by atoms with van der Waals surface area (Å²) in [7, 11) is 0. The Labute approximate surface area is 130 Å². The number of thioether (sulfide) groups is 2.